The lowest BCUT2D eigenvalue weighted by atomic mass is 9.82. The predicted molar refractivity (Wildman–Crippen MR) is 266 cm³/mol. The molecule has 8 heteroatoms. The van der Waals surface area contributed by atoms with Crippen molar-refractivity contribution >= 4 is 11.6 Å². The molecule has 8 nitrogen and oxygen atoms in total. The van der Waals surface area contributed by atoms with E-state index in [0.717, 1.165) is 128 Å². The molecule has 0 unspecified atom stereocenters. The first kappa shape index (κ1) is 53.4. The first-order valence-electron chi connectivity index (χ1n) is 26.3. The Morgan fingerprint density at radius 2 is 0.646 bits per heavy atom. The molecule has 0 spiro atoms. The third kappa shape index (κ3) is 17.8. The van der Waals surface area contributed by atoms with Crippen LogP contribution in [0.2, 0.25) is 0 Å². The highest BCUT2D eigenvalue weighted by molar-refractivity contribution is 6.31. The molecule has 0 bridgehead atoms. The Labute approximate surface area is 394 Å². The minimum Gasteiger partial charge on any atom is -0.490 e. The highest BCUT2D eigenvalue weighted by Crippen LogP contribution is 2.51. The zero-order chi connectivity index (χ0) is 46.3. The zero-order valence-corrected chi connectivity index (χ0v) is 41.4. The van der Waals surface area contributed by atoms with Gasteiger partial charge in [-0.05, 0) is 49.8 Å². The van der Waals surface area contributed by atoms with E-state index in [-0.39, 0.29) is 46.2 Å². The van der Waals surface area contributed by atoms with Crippen molar-refractivity contribution in [2.75, 3.05) is 33.0 Å². The SMILES string of the molecule is CCCCCCCCCCCCOc1c(OCCCCCC)c(OCCCCCC)cc2c1C(=O)c1cc(OCCCCCC)c(OCCCCCC)c(OCc3ccccc3)c1C2=O. The molecule has 0 N–H and O–H groups in total. The van der Waals surface area contributed by atoms with Crippen LogP contribution < -0.4 is 28.4 Å². The molecule has 65 heavy (non-hydrogen) atoms. The van der Waals surface area contributed by atoms with Gasteiger partial charge in [0, 0.05) is 11.1 Å². The standard InChI is InChI=1S/C57H86O8/c1-6-11-16-21-22-23-24-25-26-34-41-64-56-50-46(42-48(60-37-30-17-12-7-2)54(56)62-39-32-19-14-9-4)53(59)51-47(52(50)58)43-49(61-38-31-18-13-8-3)55(63-40-33-20-15-10-5)57(51)65-44-45-35-28-27-29-36-45/h27-29,35-36,42-43H,6-26,30-34,37-41,44H2,1-5H3. The minimum absolute atomic E-state index is 0.178. The Kier molecular flexibility index (Phi) is 26.7. The first-order chi connectivity index (χ1) is 32.0. The maximum Gasteiger partial charge on any atom is 0.204 e. The molecule has 0 fully saturated rings. The molecule has 3 aromatic rings. The number of rotatable bonds is 39. The summed E-state index contributed by atoms with van der Waals surface area (Å²) < 4.78 is 39.6. The summed E-state index contributed by atoms with van der Waals surface area (Å²) in [7, 11) is 0. The fraction of sp³-hybridized carbons (Fsp3) is 0.649. The van der Waals surface area contributed by atoms with E-state index < -0.39 is 0 Å². The topological polar surface area (TPSA) is 89.5 Å². The van der Waals surface area contributed by atoms with Crippen LogP contribution in [0.4, 0.5) is 0 Å². The predicted octanol–water partition coefficient (Wildman–Crippen LogP) is 16.2. The highest BCUT2D eigenvalue weighted by Gasteiger charge is 2.41. The van der Waals surface area contributed by atoms with Crippen LogP contribution >= 0.6 is 0 Å². The maximum absolute atomic E-state index is 15.3. The van der Waals surface area contributed by atoms with Crippen LogP contribution in [0, 0.1) is 0 Å². The summed E-state index contributed by atoms with van der Waals surface area (Å²) in [6.07, 6.45) is 28.4. The van der Waals surface area contributed by atoms with Gasteiger partial charge in [0.25, 0.3) is 0 Å². The van der Waals surface area contributed by atoms with Gasteiger partial charge in [-0.25, -0.2) is 0 Å². The molecule has 0 saturated carbocycles. The van der Waals surface area contributed by atoms with Crippen LogP contribution in [0.1, 0.15) is 239 Å². The summed E-state index contributed by atoms with van der Waals surface area (Å²) in [5.74, 6) is 1.50. The summed E-state index contributed by atoms with van der Waals surface area (Å²) in [6, 6.07) is 13.3. The van der Waals surface area contributed by atoms with E-state index >= 15 is 9.59 Å². The van der Waals surface area contributed by atoms with E-state index in [0.29, 0.717) is 61.8 Å². The molecule has 0 radical (unpaired) electrons. The van der Waals surface area contributed by atoms with Gasteiger partial charge in [-0.2, -0.15) is 0 Å². The molecule has 4 rings (SSSR count). The van der Waals surface area contributed by atoms with E-state index in [1.165, 1.54) is 44.9 Å². The zero-order valence-electron chi connectivity index (χ0n) is 41.4. The third-order valence-electron chi connectivity index (χ3n) is 12.3. The lowest BCUT2D eigenvalue weighted by molar-refractivity contribution is 0.0968. The summed E-state index contributed by atoms with van der Waals surface area (Å²) in [4.78, 5) is 30.7. The van der Waals surface area contributed by atoms with Crippen molar-refractivity contribution in [3.8, 4) is 34.5 Å². The Hall–Kier alpha value is -4.20. The smallest absolute Gasteiger partial charge is 0.204 e. The second-order valence-electron chi connectivity index (χ2n) is 18.0. The monoisotopic (exact) mass is 899 g/mol. The number of hydrogen-bond donors (Lipinski definition) is 0. The Morgan fingerprint density at radius 3 is 1.03 bits per heavy atom. The molecule has 0 aliphatic heterocycles. The number of carbonyl (C=O) groups excluding carboxylic acids is 2. The van der Waals surface area contributed by atoms with Gasteiger partial charge < -0.3 is 28.4 Å². The average Bonchev–Trinajstić information content (AvgIpc) is 3.32. The van der Waals surface area contributed by atoms with E-state index in [1.807, 2.05) is 30.3 Å². The number of benzene rings is 3. The third-order valence-corrected chi connectivity index (χ3v) is 12.3. The van der Waals surface area contributed by atoms with Crippen LogP contribution in [0.15, 0.2) is 42.5 Å². The Balaban J connectivity index is 1.80. The van der Waals surface area contributed by atoms with Crippen LogP contribution in [0.3, 0.4) is 0 Å². The molecule has 0 saturated heterocycles. The van der Waals surface area contributed by atoms with Gasteiger partial charge >= 0.3 is 0 Å². The lowest BCUT2D eigenvalue weighted by Gasteiger charge is -2.27. The van der Waals surface area contributed by atoms with Crippen LogP contribution in [-0.2, 0) is 6.61 Å². The van der Waals surface area contributed by atoms with Gasteiger partial charge in [0.2, 0.25) is 11.5 Å². The van der Waals surface area contributed by atoms with Crippen LogP contribution in [0.5, 0.6) is 34.5 Å². The van der Waals surface area contributed by atoms with Gasteiger partial charge in [-0.3, -0.25) is 9.59 Å². The Bertz CT molecular complexity index is 1790. The van der Waals surface area contributed by atoms with Crippen molar-refractivity contribution in [2.24, 2.45) is 0 Å². The molecular formula is C57H86O8. The maximum atomic E-state index is 15.3. The largest absolute Gasteiger partial charge is 0.490 e. The van der Waals surface area contributed by atoms with Crippen LogP contribution in [0.25, 0.3) is 0 Å². The quantitative estimate of drug-likeness (QED) is 0.0409. The fourth-order valence-electron chi connectivity index (χ4n) is 8.40. The molecule has 0 heterocycles. The summed E-state index contributed by atoms with van der Waals surface area (Å²) in [5.41, 5.74) is 1.78. The molecule has 0 atom stereocenters. The number of unbranched alkanes of at least 4 members (excludes halogenated alkanes) is 21. The van der Waals surface area contributed by atoms with Crippen molar-refractivity contribution in [3.63, 3.8) is 0 Å². The first-order valence-corrected chi connectivity index (χ1v) is 26.3. The van der Waals surface area contributed by atoms with E-state index in [9.17, 15) is 0 Å². The minimum atomic E-state index is -0.336. The molecule has 1 aliphatic rings. The number of carbonyl (C=O) groups is 2. The normalized spacial score (nSPS) is 12.0. The van der Waals surface area contributed by atoms with Gasteiger partial charge in [0.15, 0.2) is 34.6 Å². The summed E-state index contributed by atoms with van der Waals surface area (Å²) in [6.45, 7) is 13.4. The number of ketones is 2. The van der Waals surface area contributed by atoms with E-state index in [1.54, 1.807) is 12.1 Å². The fourth-order valence-corrected chi connectivity index (χ4v) is 8.40. The number of ether oxygens (including phenoxy) is 6. The van der Waals surface area contributed by atoms with Gasteiger partial charge in [-0.15, -0.1) is 0 Å². The lowest BCUT2D eigenvalue weighted by Crippen LogP contribution is -2.25. The van der Waals surface area contributed by atoms with Crippen molar-refractivity contribution in [1.29, 1.82) is 0 Å². The summed E-state index contributed by atoms with van der Waals surface area (Å²) >= 11 is 0. The molecule has 0 amide bonds. The van der Waals surface area contributed by atoms with Crippen molar-refractivity contribution < 1.29 is 38.0 Å². The molecule has 0 aromatic heterocycles. The van der Waals surface area contributed by atoms with Gasteiger partial charge in [0.05, 0.1) is 44.2 Å². The van der Waals surface area contributed by atoms with E-state index in [4.69, 9.17) is 28.4 Å². The van der Waals surface area contributed by atoms with E-state index in [2.05, 4.69) is 34.6 Å². The molecule has 1 aliphatic carbocycles. The average molecular weight is 899 g/mol. The van der Waals surface area contributed by atoms with Crippen molar-refractivity contribution in [2.45, 2.75) is 208 Å². The molecule has 362 valence electrons. The highest BCUT2D eigenvalue weighted by atomic mass is 16.5. The number of hydrogen-bond acceptors (Lipinski definition) is 8. The second kappa shape index (κ2) is 32.5. The van der Waals surface area contributed by atoms with Crippen molar-refractivity contribution in [3.05, 3.63) is 70.3 Å². The molecule has 3 aromatic carbocycles. The summed E-state index contributed by atoms with van der Waals surface area (Å²) in [5, 5.41) is 0. The van der Waals surface area contributed by atoms with Crippen LogP contribution in [-0.4, -0.2) is 44.6 Å². The van der Waals surface area contributed by atoms with Gasteiger partial charge in [0.1, 0.15) is 6.61 Å². The second-order valence-corrected chi connectivity index (χ2v) is 18.0. The van der Waals surface area contributed by atoms with Crippen molar-refractivity contribution in [1.82, 2.24) is 0 Å². The number of fused-ring (bicyclic) bond motifs is 2. The Morgan fingerprint density at radius 1 is 0.338 bits per heavy atom. The van der Waals surface area contributed by atoms with Gasteiger partial charge in [-0.1, -0.05) is 200 Å². The molecular weight excluding hydrogens is 813 g/mol.